The average molecular weight is 210 g/mol. The summed E-state index contributed by atoms with van der Waals surface area (Å²) in [6, 6.07) is 1.03. The van der Waals surface area contributed by atoms with Crippen molar-refractivity contribution in [2.24, 2.45) is 5.41 Å². The van der Waals surface area contributed by atoms with Crippen LogP contribution in [0.4, 0.5) is 0 Å². The van der Waals surface area contributed by atoms with Gasteiger partial charge >= 0.3 is 0 Å². The van der Waals surface area contributed by atoms with E-state index >= 15 is 0 Å². The number of hydrogen-bond donors (Lipinski definition) is 2. The standard InChI is InChI=1S/C12H22N2O/c1-12(2)6-5-10(7-12)13-8-11(15)14-9-3-4-9/h9-10,13H,3-8H2,1-2H3,(H,14,15). The van der Waals surface area contributed by atoms with Crippen molar-refractivity contribution in [3.8, 4) is 0 Å². The first-order valence-electron chi connectivity index (χ1n) is 6.08. The highest BCUT2D eigenvalue weighted by atomic mass is 16.2. The summed E-state index contributed by atoms with van der Waals surface area (Å²) in [5.74, 6) is 0.169. The SMILES string of the molecule is CC1(C)CCC(NCC(=O)NC2CC2)C1. The van der Waals surface area contributed by atoms with E-state index in [2.05, 4.69) is 24.5 Å². The lowest BCUT2D eigenvalue weighted by Crippen LogP contribution is -2.39. The first-order chi connectivity index (χ1) is 7.05. The third-order valence-electron chi connectivity index (χ3n) is 3.46. The highest BCUT2D eigenvalue weighted by Gasteiger charge is 2.31. The summed E-state index contributed by atoms with van der Waals surface area (Å²) >= 11 is 0. The highest BCUT2D eigenvalue weighted by molar-refractivity contribution is 5.78. The van der Waals surface area contributed by atoms with Crippen molar-refractivity contribution in [1.82, 2.24) is 10.6 Å². The maximum atomic E-state index is 11.4. The van der Waals surface area contributed by atoms with Gasteiger partial charge in [0.15, 0.2) is 0 Å². The van der Waals surface area contributed by atoms with E-state index in [0.717, 1.165) is 0 Å². The third kappa shape index (κ3) is 3.49. The van der Waals surface area contributed by atoms with Crippen LogP contribution >= 0.6 is 0 Å². The Kier molecular flexibility index (Phi) is 3.01. The first kappa shape index (κ1) is 10.9. The van der Waals surface area contributed by atoms with Crippen LogP contribution in [0.1, 0.15) is 46.0 Å². The van der Waals surface area contributed by atoms with Gasteiger partial charge in [0.25, 0.3) is 0 Å². The summed E-state index contributed by atoms with van der Waals surface area (Å²) in [4.78, 5) is 11.4. The van der Waals surface area contributed by atoms with Crippen molar-refractivity contribution in [1.29, 1.82) is 0 Å². The molecular formula is C12H22N2O. The molecule has 1 atom stereocenters. The first-order valence-corrected chi connectivity index (χ1v) is 6.08. The molecule has 3 heteroatoms. The molecule has 0 radical (unpaired) electrons. The van der Waals surface area contributed by atoms with E-state index in [0.29, 0.717) is 24.0 Å². The van der Waals surface area contributed by atoms with E-state index in [-0.39, 0.29) is 5.91 Å². The van der Waals surface area contributed by atoms with E-state index in [9.17, 15) is 4.79 Å². The van der Waals surface area contributed by atoms with Gasteiger partial charge in [0.1, 0.15) is 0 Å². The zero-order valence-corrected chi connectivity index (χ0v) is 9.81. The van der Waals surface area contributed by atoms with Crippen LogP contribution in [0.5, 0.6) is 0 Å². The number of hydrogen-bond acceptors (Lipinski definition) is 2. The lowest BCUT2D eigenvalue weighted by molar-refractivity contribution is -0.120. The summed E-state index contributed by atoms with van der Waals surface area (Å²) in [5, 5.41) is 6.36. The Balaban J connectivity index is 1.63. The molecule has 15 heavy (non-hydrogen) atoms. The lowest BCUT2D eigenvalue weighted by Gasteiger charge is -2.17. The van der Waals surface area contributed by atoms with Crippen molar-refractivity contribution in [2.75, 3.05) is 6.54 Å². The quantitative estimate of drug-likeness (QED) is 0.737. The molecule has 86 valence electrons. The van der Waals surface area contributed by atoms with Crippen LogP contribution in [0.25, 0.3) is 0 Å². The average Bonchev–Trinajstić information content (AvgIpc) is 2.87. The van der Waals surface area contributed by atoms with Gasteiger partial charge in [0.2, 0.25) is 5.91 Å². The maximum absolute atomic E-state index is 11.4. The van der Waals surface area contributed by atoms with Gasteiger partial charge in [-0.25, -0.2) is 0 Å². The molecule has 2 N–H and O–H groups in total. The fourth-order valence-corrected chi connectivity index (χ4v) is 2.35. The molecule has 1 amide bonds. The molecule has 1 unspecified atom stereocenters. The van der Waals surface area contributed by atoms with Crippen molar-refractivity contribution in [3.63, 3.8) is 0 Å². The van der Waals surface area contributed by atoms with Gasteiger partial charge in [-0.05, 0) is 37.5 Å². The number of carbonyl (C=O) groups excluding carboxylic acids is 1. The van der Waals surface area contributed by atoms with Crippen LogP contribution in [-0.2, 0) is 4.79 Å². The van der Waals surface area contributed by atoms with Crippen LogP contribution < -0.4 is 10.6 Å². The van der Waals surface area contributed by atoms with Gasteiger partial charge in [-0.2, -0.15) is 0 Å². The Morgan fingerprint density at radius 2 is 2.00 bits per heavy atom. The predicted octanol–water partition coefficient (Wildman–Crippen LogP) is 1.43. The van der Waals surface area contributed by atoms with E-state index in [1.54, 1.807) is 0 Å². The third-order valence-corrected chi connectivity index (χ3v) is 3.46. The Bertz CT molecular complexity index is 246. The van der Waals surface area contributed by atoms with Gasteiger partial charge < -0.3 is 10.6 Å². The molecule has 2 fully saturated rings. The monoisotopic (exact) mass is 210 g/mol. The van der Waals surface area contributed by atoms with Crippen LogP contribution in [0.15, 0.2) is 0 Å². The van der Waals surface area contributed by atoms with Crippen LogP contribution in [0.3, 0.4) is 0 Å². The predicted molar refractivity (Wildman–Crippen MR) is 60.6 cm³/mol. The fourth-order valence-electron chi connectivity index (χ4n) is 2.35. The summed E-state index contributed by atoms with van der Waals surface area (Å²) in [5.41, 5.74) is 0.463. The largest absolute Gasteiger partial charge is 0.352 e. The summed E-state index contributed by atoms with van der Waals surface area (Å²) in [6.07, 6.45) is 6.02. The summed E-state index contributed by atoms with van der Waals surface area (Å²) < 4.78 is 0. The van der Waals surface area contributed by atoms with Gasteiger partial charge in [0.05, 0.1) is 6.54 Å². The molecule has 0 aliphatic heterocycles. The molecule has 0 aromatic heterocycles. The van der Waals surface area contributed by atoms with E-state index in [1.165, 1.54) is 32.1 Å². The maximum Gasteiger partial charge on any atom is 0.234 e. The van der Waals surface area contributed by atoms with Crippen molar-refractivity contribution < 1.29 is 4.79 Å². The number of carbonyl (C=O) groups is 1. The summed E-state index contributed by atoms with van der Waals surface area (Å²) in [6.45, 7) is 5.11. The molecule has 2 aliphatic carbocycles. The molecule has 2 saturated carbocycles. The minimum Gasteiger partial charge on any atom is -0.352 e. The normalized spacial score (nSPS) is 29.1. The second-order valence-corrected chi connectivity index (χ2v) is 5.83. The van der Waals surface area contributed by atoms with E-state index in [1.807, 2.05) is 0 Å². The molecule has 0 saturated heterocycles. The van der Waals surface area contributed by atoms with Crippen molar-refractivity contribution >= 4 is 5.91 Å². The Morgan fingerprint density at radius 1 is 1.27 bits per heavy atom. The Morgan fingerprint density at radius 3 is 2.53 bits per heavy atom. The Labute approximate surface area is 92.0 Å². The molecule has 0 heterocycles. The van der Waals surface area contributed by atoms with Gasteiger partial charge in [-0.3, -0.25) is 4.79 Å². The molecule has 0 spiro atoms. The van der Waals surface area contributed by atoms with Crippen LogP contribution in [-0.4, -0.2) is 24.5 Å². The molecule has 0 aromatic carbocycles. The molecule has 0 bridgehead atoms. The highest BCUT2D eigenvalue weighted by Crippen LogP contribution is 2.36. The molecule has 2 aliphatic rings. The topological polar surface area (TPSA) is 41.1 Å². The van der Waals surface area contributed by atoms with Crippen LogP contribution in [0, 0.1) is 5.41 Å². The molecule has 3 nitrogen and oxygen atoms in total. The van der Waals surface area contributed by atoms with Gasteiger partial charge in [-0.15, -0.1) is 0 Å². The van der Waals surface area contributed by atoms with Crippen molar-refractivity contribution in [2.45, 2.75) is 58.0 Å². The number of rotatable bonds is 4. The smallest absolute Gasteiger partial charge is 0.234 e. The Hall–Kier alpha value is -0.570. The minimum atomic E-state index is 0.169. The van der Waals surface area contributed by atoms with E-state index in [4.69, 9.17) is 0 Å². The van der Waals surface area contributed by atoms with Crippen molar-refractivity contribution in [3.05, 3.63) is 0 Å². The minimum absolute atomic E-state index is 0.169. The zero-order valence-electron chi connectivity index (χ0n) is 9.81. The lowest BCUT2D eigenvalue weighted by atomic mass is 9.92. The number of nitrogens with one attached hydrogen (secondary N) is 2. The molecule has 2 rings (SSSR count). The van der Waals surface area contributed by atoms with Gasteiger partial charge in [0, 0.05) is 12.1 Å². The van der Waals surface area contributed by atoms with Crippen LogP contribution in [0.2, 0.25) is 0 Å². The second kappa shape index (κ2) is 4.12. The van der Waals surface area contributed by atoms with Gasteiger partial charge in [-0.1, -0.05) is 13.8 Å². The van der Waals surface area contributed by atoms with E-state index < -0.39 is 0 Å². The molecular weight excluding hydrogens is 188 g/mol. The molecule has 0 aromatic rings. The second-order valence-electron chi connectivity index (χ2n) is 5.83. The summed E-state index contributed by atoms with van der Waals surface area (Å²) in [7, 11) is 0. The fraction of sp³-hybridized carbons (Fsp3) is 0.917. The number of amides is 1. The zero-order chi connectivity index (χ0) is 10.9.